The molecule has 12 aliphatic rings. The number of fused-ring (bicyclic) bond motifs is 8. The maximum Gasteiger partial charge on any atom is 0.409 e. The summed E-state index contributed by atoms with van der Waals surface area (Å²) in [5.74, 6) is 6.87. The summed E-state index contributed by atoms with van der Waals surface area (Å²) in [6, 6.07) is 12.0. The molecular weight excluding hydrogens is 1300 g/mol. The molecule has 4 spiro atoms. The highest BCUT2D eigenvalue weighted by Crippen LogP contribution is 2.92. The van der Waals surface area contributed by atoms with Crippen molar-refractivity contribution in [2.45, 2.75) is 326 Å². The van der Waals surface area contributed by atoms with Crippen LogP contribution in [0.1, 0.15) is 241 Å². The van der Waals surface area contributed by atoms with Crippen LogP contribution in [0.25, 0.3) is 0 Å². The largest absolute Gasteiger partial charge is 0.439 e. The average Bonchev–Trinajstić information content (AvgIpc) is 1.46. The molecule has 26 atom stereocenters. The molecule has 12 fully saturated rings. The number of non-ortho nitro benzene ring substituents is 1. The van der Waals surface area contributed by atoms with E-state index in [0.29, 0.717) is 62.1 Å². The van der Waals surface area contributed by atoms with Crippen molar-refractivity contribution in [3.8, 4) is 5.75 Å². The van der Waals surface area contributed by atoms with Gasteiger partial charge in [-0.25, -0.2) is 9.59 Å². The van der Waals surface area contributed by atoms with Crippen LogP contribution in [0.5, 0.6) is 5.75 Å². The lowest BCUT2D eigenvalue weighted by Crippen LogP contribution is -2.60. The number of nitro groups is 1. The Balaban J connectivity index is 0.000000172. The van der Waals surface area contributed by atoms with Gasteiger partial charge in [-0.15, -0.1) is 0 Å². The van der Waals surface area contributed by atoms with E-state index in [9.17, 15) is 24.8 Å². The van der Waals surface area contributed by atoms with Gasteiger partial charge in [-0.2, -0.15) is 0 Å². The normalized spacial score (nSPS) is 44.6. The fraction of sp³-hybridized carbons (Fsp3) is 0.857. The van der Waals surface area contributed by atoms with E-state index in [2.05, 4.69) is 143 Å². The molecule has 1 aromatic rings. The van der Waals surface area contributed by atoms with E-state index in [1.807, 2.05) is 13.8 Å². The topological polar surface area (TPSA) is 156 Å². The smallest absolute Gasteiger partial charge is 0.409 e. The number of aliphatic hydroxyl groups is 1. The third-order valence-electron chi connectivity index (χ3n) is 34.8. The summed E-state index contributed by atoms with van der Waals surface area (Å²) in [6.45, 7) is 57.9. The van der Waals surface area contributed by atoms with E-state index in [-0.39, 0.29) is 75.8 Å². The van der Waals surface area contributed by atoms with Crippen LogP contribution in [0, 0.1) is 123 Å². The first kappa shape index (κ1) is 78.4. The maximum absolute atomic E-state index is 12.9. The number of nitrogens with zero attached hydrogens (tertiary/aromatic N) is 2. The fourth-order valence-corrected chi connectivity index (χ4v) is 34.0. The summed E-state index contributed by atoms with van der Waals surface area (Å²) < 4.78 is 40.9. The standard InChI is InChI=1S/C40H69NO4Si.C37H64O3Si.C7H4ClNO4/c1-14-46(15-2,16-3)45-34-33-31(26(6)23-28(43-33)32(25(4)5)44-35(42)41(12)13)37(10)21-22-40-24-39(40)20-19-27(7)36(8,9)29(39)17-18-30(40)38(34,37)11;1-12-41(13-2,14-3)40-32-31-29(24(6)21-26(39-31)30(38)23(4)5)34(10)19-20-37-22-36(37)18-17-25(7)33(8,9)27(36)15-16-28(37)35(32,34)11;8-7(10)13-6-3-1-5(2-4-6)9(11)12/h26-34H,4,14-24H2,1-3,5-13H3;24-32,38H,4,12-22H2,1-3,5-11H3;1-4H/t26-,27+,28-,29+,30+,31+,32-,33+,34+,37-,38-,39-,40+;24-,25+,26-,27+,28+,29+,30-,31+,32+,34-,35-,36-,37+;/m11./s1. The molecular formula is C84H137ClN2O11Si2. The SMILES string of the molecule is C=C(C)[C@@H](O)[C@H]1C[C@@H](C)[C@H]2[C@H](O1)[C@H](O[Si](CC)(CC)CC)[C@@]1(C)[C@@H]3CC[C@H]4C(C)(C)[C@@H](C)CC[C@@]45C[C@@]35CC[C@]21C.C=C(C)[C@@H](OC(=O)N(C)C)[C@H]1C[C@@H](C)[C@H]2[C@H](O1)[C@H](O[Si](CC)(CC)CC)[C@@]1(C)[C@@H]3CC[C@H]4C(C)(C)[C@@H](C)CC[C@@]45C[C@@]35CC[C@]21C.O=C(Cl)Oc1ccc([N+](=O)[O-])cc1. The Kier molecular flexibility index (Phi) is 21.4. The Labute approximate surface area is 612 Å². The molecule has 1 aromatic carbocycles. The van der Waals surface area contributed by atoms with Crippen LogP contribution in [0.3, 0.4) is 0 Å². The molecule has 10 aliphatic carbocycles. The minimum atomic E-state index is -1.97. The minimum absolute atomic E-state index is 0.0191. The molecule has 1 amide bonds. The molecule has 13 rings (SSSR count). The Bertz CT molecular complexity index is 3210. The molecule has 2 saturated heterocycles. The number of carbonyl (C=O) groups excluding carboxylic acids is 2. The van der Waals surface area contributed by atoms with Gasteiger partial charge in [-0.1, -0.05) is 138 Å². The average molecular weight is 1440 g/mol. The van der Waals surface area contributed by atoms with Gasteiger partial charge in [0.15, 0.2) is 22.7 Å². The van der Waals surface area contributed by atoms with Crippen molar-refractivity contribution >= 4 is 45.4 Å². The summed E-state index contributed by atoms with van der Waals surface area (Å²) in [5, 5.41) is 21.4. The van der Waals surface area contributed by atoms with Crippen molar-refractivity contribution in [3.05, 3.63) is 58.7 Å². The molecule has 564 valence electrons. The fourth-order valence-electron chi connectivity index (χ4n) is 28.0. The van der Waals surface area contributed by atoms with Crippen LogP contribution < -0.4 is 4.74 Å². The van der Waals surface area contributed by atoms with Gasteiger partial charge in [0.25, 0.3) is 5.69 Å². The van der Waals surface area contributed by atoms with Crippen LogP contribution in [-0.2, 0) is 23.1 Å². The van der Waals surface area contributed by atoms with E-state index < -0.39 is 39.2 Å². The number of benzene rings is 1. The molecule has 2 aliphatic heterocycles. The lowest BCUT2D eigenvalue weighted by atomic mass is 9.41. The number of rotatable bonds is 17. The monoisotopic (exact) mass is 1440 g/mol. The van der Waals surface area contributed by atoms with E-state index in [0.717, 1.165) is 71.7 Å². The zero-order valence-corrected chi connectivity index (χ0v) is 69.2. The number of hydrogen-bond donors (Lipinski definition) is 1. The molecule has 0 aromatic heterocycles. The van der Waals surface area contributed by atoms with E-state index in [1.165, 1.54) is 137 Å². The van der Waals surface area contributed by atoms with Crippen LogP contribution >= 0.6 is 11.6 Å². The predicted molar refractivity (Wildman–Crippen MR) is 407 cm³/mol. The number of hydrogen-bond acceptors (Lipinski definition) is 11. The lowest BCUT2D eigenvalue weighted by Gasteiger charge is -2.64. The van der Waals surface area contributed by atoms with Crippen molar-refractivity contribution in [1.82, 2.24) is 4.90 Å². The van der Waals surface area contributed by atoms with E-state index in [1.54, 1.807) is 14.1 Å². The molecule has 0 bridgehead atoms. The van der Waals surface area contributed by atoms with Crippen LogP contribution in [-0.4, -0.2) is 106 Å². The van der Waals surface area contributed by atoms with Gasteiger partial charge >= 0.3 is 11.5 Å². The molecule has 16 heteroatoms. The summed E-state index contributed by atoms with van der Waals surface area (Å²) in [6.07, 6.45) is 20.0. The third kappa shape index (κ3) is 11.5. The van der Waals surface area contributed by atoms with Crippen molar-refractivity contribution in [3.63, 3.8) is 0 Å². The zero-order chi connectivity index (χ0) is 73.6. The van der Waals surface area contributed by atoms with Gasteiger partial charge in [-0.3, -0.25) is 10.1 Å². The zero-order valence-electron chi connectivity index (χ0n) is 66.5. The molecule has 100 heavy (non-hydrogen) atoms. The second-order valence-corrected chi connectivity index (χ2v) is 48.3. The predicted octanol–water partition coefficient (Wildman–Crippen LogP) is 21.8. The molecule has 13 nitrogen and oxygen atoms in total. The van der Waals surface area contributed by atoms with E-state index >= 15 is 0 Å². The first-order chi connectivity index (χ1) is 46.7. The number of carbonyl (C=O) groups is 2. The van der Waals surface area contributed by atoms with Gasteiger partial charge in [0, 0.05) is 48.7 Å². The Morgan fingerprint density at radius 3 is 1.35 bits per heavy atom. The number of amides is 1. The number of halogens is 1. The Hall–Kier alpha value is -2.64. The quantitative estimate of drug-likeness (QED) is 0.0521. The van der Waals surface area contributed by atoms with Crippen molar-refractivity contribution in [2.24, 2.45) is 113 Å². The third-order valence-corrected chi connectivity index (χ3v) is 44.1. The highest BCUT2D eigenvalue weighted by Gasteiger charge is 2.87. The number of ether oxygens (including phenoxy) is 4. The van der Waals surface area contributed by atoms with Crippen molar-refractivity contribution in [2.75, 3.05) is 14.1 Å². The van der Waals surface area contributed by atoms with Gasteiger partial charge in [0.2, 0.25) is 0 Å². The lowest BCUT2D eigenvalue weighted by molar-refractivity contribution is -0.384. The highest BCUT2D eigenvalue weighted by atomic mass is 35.5. The van der Waals surface area contributed by atoms with Crippen LogP contribution in [0.2, 0.25) is 36.3 Å². The summed E-state index contributed by atoms with van der Waals surface area (Å²) in [5.41, 5.74) is 4.12. The minimum Gasteiger partial charge on any atom is -0.439 e. The van der Waals surface area contributed by atoms with Crippen LogP contribution in [0.15, 0.2) is 48.6 Å². The van der Waals surface area contributed by atoms with Gasteiger partial charge in [-0.05, 0) is 279 Å². The number of nitro benzene ring substituents is 1. The Morgan fingerprint density at radius 2 is 0.990 bits per heavy atom. The van der Waals surface area contributed by atoms with E-state index in [4.69, 9.17) is 34.7 Å². The maximum atomic E-state index is 12.9. The first-order valence-corrected chi connectivity index (χ1v) is 45.8. The molecule has 0 unspecified atom stereocenters. The Morgan fingerprint density at radius 1 is 0.610 bits per heavy atom. The van der Waals surface area contributed by atoms with Crippen LogP contribution in [0.4, 0.5) is 15.3 Å². The van der Waals surface area contributed by atoms with Gasteiger partial charge in [0.05, 0.1) is 41.5 Å². The molecule has 2 heterocycles. The van der Waals surface area contributed by atoms with Crippen molar-refractivity contribution < 1.29 is 47.4 Å². The molecule has 10 saturated carbocycles. The van der Waals surface area contributed by atoms with Gasteiger partial charge in [0.1, 0.15) is 11.9 Å². The summed E-state index contributed by atoms with van der Waals surface area (Å²) in [4.78, 5) is 34.3. The summed E-state index contributed by atoms with van der Waals surface area (Å²) >= 11 is 4.92. The van der Waals surface area contributed by atoms with Crippen molar-refractivity contribution in [1.29, 1.82) is 0 Å². The second-order valence-electron chi connectivity index (χ2n) is 38.5. The molecule has 0 radical (unpaired) electrons. The second kappa shape index (κ2) is 27.2. The highest BCUT2D eigenvalue weighted by molar-refractivity contribution is 6.74. The molecule has 1 N–H and O–H groups in total. The van der Waals surface area contributed by atoms with Gasteiger partial charge < -0.3 is 37.8 Å². The first-order valence-electron chi connectivity index (χ1n) is 40.3. The number of aliphatic hydroxyl groups excluding tert-OH is 1. The summed E-state index contributed by atoms with van der Waals surface area (Å²) in [7, 11) is -0.380.